The number of hydrogen-bond acceptors (Lipinski definition) is 2. The van der Waals surface area contributed by atoms with Gasteiger partial charge in [0.1, 0.15) is 5.69 Å². The maximum Gasteiger partial charge on any atom is 0.115 e. The van der Waals surface area contributed by atoms with Gasteiger partial charge >= 0.3 is 0 Å². The summed E-state index contributed by atoms with van der Waals surface area (Å²) in [5.74, 6) is 0.591. The molecular weight excluding hydrogens is 813 g/mol. The van der Waals surface area contributed by atoms with Gasteiger partial charge in [-0.1, -0.05) is 78.9 Å². The first kappa shape index (κ1) is 37.9. The maximum atomic E-state index is 4.52. The van der Waals surface area contributed by atoms with Gasteiger partial charge in [-0.15, -0.1) is 90.0 Å². The molecule has 4 heterocycles. The van der Waals surface area contributed by atoms with Gasteiger partial charge in [0.25, 0.3) is 0 Å². The first-order valence-corrected chi connectivity index (χ1v) is 17.3. The Morgan fingerprint density at radius 2 is 1.38 bits per heavy atom. The minimum absolute atomic E-state index is 0. The topological polar surface area (TPSA) is 34.6 Å². The molecule has 0 fully saturated rings. The van der Waals surface area contributed by atoms with Crippen LogP contribution in [0.25, 0.3) is 55.6 Å². The van der Waals surface area contributed by atoms with Gasteiger partial charge in [0, 0.05) is 51.1 Å². The van der Waals surface area contributed by atoms with Crippen molar-refractivity contribution in [1.82, 2.24) is 14.5 Å². The summed E-state index contributed by atoms with van der Waals surface area (Å²) in [6.07, 6.45) is 1.87. The van der Waals surface area contributed by atoms with Crippen LogP contribution in [0.3, 0.4) is 0 Å². The molecule has 4 nitrogen and oxygen atoms in total. The quantitative estimate of drug-likeness (QED) is 0.128. The van der Waals surface area contributed by atoms with Crippen molar-refractivity contribution in [2.75, 3.05) is 0 Å². The van der Waals surface area contributed by atoms with E-state index in [1.807, 2.05) is 116 Å². The first-order valence-electron chi connectivity index (χ1n) is 17.3. The fraction of sp³-hybridized carbons (Fsp3) is 0.149. The Kier molecular flexibility index (Phi) is 12.9. The van der Waals surface area contributed by atoms with Crippen LogP contribution in [0.1, 0.15) is 30.8 Å². The molecule has 0 aliphatic carbocycles. The number of rotatable bonds is 5. The Balaban J connectivity index is 0.000000160. The van der Waals surface area contributed by atoms with Crippen LogP contribution in [0.4, 0.5) is 0 Å². The van der Waals surface area contributed by atoms with Crippen LogP contribution in [0, 0.1) is 51.9 Å². The Hall–Kier alpha value is -5.35. The van der Waals surface area contributed by atoms with E-state index in [0.717, 1.165) is 51.7 Å². The number of aromatic nitrogens is 4. The molecule has 0 amide bonds. The molecule has 0 saturated heterocycles. The van der Waals surface area contributed by atoms with Gasteiger partial charge in [0.2, 0.25) is 0 Å². The van der Waals surface area contributed by atoms with E-state index in [-0.39, 0.29) is 20.1 Å². The predicted molar refractivity (Wildman–Crippen MR) is 211 cm³/mol. The van der Waals surface area contributed by atoms with Crippen molar-refractivity contribution in [1.29, 1.82) is 0 Å². The van der Waals surface area contributed by atoms with E-state index in [2.05, 4.69) is 103 Å². The van der Waals surface area contributed by atoms with E-state index in [9.17, 15) is 0 Å². The maximum absolute atomic E-state index is 4.52. The summed E-state index contributed by atoms with van der Waals surface area (Å²) in [4.78, 5) is 8.93. The zero-order chi connectivity index (χ0) is 35.7. The molecule has 0 unspecified atom stereocenters. The molecule has 0 spiro atoms. The van der Waals surface area contributed by atoms with Crippen molar-refractivity contribution < 1.29 is 24.7 Å². The van der Waals surface area contributed by atoms with Crippen LogP contribution in [0.15, 0.2) is 140 Å². The third-order valence-corrected chi connectivity index (χ3v) is 8.61. The van der Waals surface area contributed by atoms with E-state index < -0.39 is 0 Å². The van der Waals surface area contributed by atoms with Crippen molar-refractivity contribution in [2.45, 2.75) is 41.2 Å². The average molecular weight is 856 g/mol. The Morgan fingerprint density at radius 3 is 2.08 bits per heavy atom. The number of hydrogen-bond donors (Lipinski definition) is 0. The summed E-state index contributed by atoms with van der Waals surface area (Å²) < 4.78 is 4.36. The van der Waals surface area contributed by atoms with Crippen molar-refractivity contribution >= 4 is 21.8 Å². The second kappa shape index (κ2) is 17.7. The first-order chi connectivity index (χ1) is 24.8. The van der Waals surface area contributed by atoms with Gasteiger partial charge in [-0.05, 0) is 73.2 Å². The molecule has 8 rings (SSSR count). The summed E-state index contributed by atoms with van der Waals surface area (Å²) in [5, 5.41) is 2.57. The zero-order valence-electron chi connectivity index (χ0n) is 30.4. The third kappa shape index (κ3) is 9.11. The SMILES string of the molecule is Cc1cccc(-c2[c-]cccc2)n1.Cc1ccnc(-c2[c-]cc3c4ccccc4n(CC(C)C)c3c2)c1.[CH2-][n+]1c(C)cccc1-c1[c-]cccc1.[Ir]. The van der Waals surface area contributed by atoms with Gasteiger partial charge in [-0.25, -0.2) is 0 Å². The van der Waals surface area contributed by atoms with Crippen molar-refractivity contribution in [3.05, 3.63) is 182 Å². The minimum Gasteiger partial charge on any atom is -0.358 e. The molecule has 0 bridgehead atoms. The Morgan fingerprint density at radius 1 is 0.673 bits per heavy atom. The van der Waals surface area contributed by atoms with Gasteiger partial charge in [-0.3, -0.25) is 0 Å². The fourth-order valence-electron chi connectivity index (χ4n) is 6.06. The Bertz CT molecular complexity index is 2360. The molecule has 0 aliphatic heterocycles. The summed E-state index contributed by atoms with van der Waals surface area (Å²) >= 11 is 0. The second-order valence-corrected chi connectivity index (χ2v) is 13.1. The molecule has 263 valence electrons. The summed E-state index contributed by atoms with van der Waals surface area (Å²) in [7, 11) is 3.99. The normalized spacial score (nSPS) is 10.6. The molecule has 5 heteroatoms. The molecular formula is C47H43IrN4-3. The molecule has 0 aliphatic rings. The van der Waals surface area contributed by atoms with E-state index >= 15 is 0 Å². The predicted octanol–water partition coefficient (Wildman–Crippen LogP) is 10.9. The number of benzene rings is 4. The largest absolute Gasteiger partial charge is 0.358 e. The van der Waals surface area contributed by atoms with Crippen LogP contribution >= 0.6 is 0 Å². The molecule has 0 atom stereocenters. The molecule has 4 aromatic carbocycles. The van der Waals surface area contributed by atoms with Gasteiger partial charge in [0.05, 0.1) is 5.69 Å². The number of para-hydroxylation sites is 1. The van der Waals surface area contributed by atoms with Crippen LogP contribution in [0.2, 0.25) is 0 Å². The fourth-order valence-corrected chi connectivity index (χ4v) is 6.06. The van der Waals surface area contributed by atoms with Crippen LogP contribution in [0.5, 0.6) is 0 Å². The smallest absolute Gasteiger partial charge is 0.115 e. The van der Waals surface area contributed by atoms with Crippen molar-refractivity contribution in [2.24, 2.45) is 5.92 Å². The summed E-state index contributed by atoms with van der Waals surface area (Å²) in [6.45, 7) is 11.7. The Labute approximate surface area is 322 Å². The zero-order valence-corrected chi connectivity index (χ0v) is 32.8. The van der Waals surface area contributed by atoms with Gasteiger partial charge in [0.15, 0.2) is 0 Å². The van der Waals surface area contributed by atoms with Crippen molar-refractivity contribution in [3.63, 3.8) is 0 Å². The van der Waals surface area contributed by atoms with Crippen LogP contribution < -0.4 is 4.57 Å². The van der Waals surface area contributed by atoms with E-state index in [4.69, 9.17) is 0 Å². The van der Waals surface area contributed by atoms with Gasteiger partial charge in [-0.2, -0.15) is 0 Å². The summed E-state index contributed by atoms with van der Waals surface area (Å²) in [6, 6.07) is 54.8. The van der Waals surface area contributed by atoms with E-state index in [1.165, 1.54) is 27.4 Å². The molecule has 0 N–H and O–H groups in total. The van der Waals surface area contributed by atoms with E-state index in [0.29, 0.717) is 5.92 Å². The molecule has 52 heavy (non-hydrogen) atoms. The molecule has 1 radical (unpaired) electrons. The van der Waals surface area contributed by atoms with Crippen molar-refractivity contribution in [3.8, 4) is 33.8 Å². The standard InChI is InChI=1S/C22H21N2.C13H12N.C12H10N.Ir/c1-15(2)14-24-21-7-5-4-6-18(21)19-9-8-17(13-22(19)24)20-12-16(3)10-11-23-20;1-11-7-6-10-13(14(11)2)12-8-4-3-5-9-12;1-10-6-5-9-12(13-10)11-7-3-2-4-8-11;/h4-7,9-13,15H,14H2,1-3H3;3-8,10H,2H2,1H3;2-7,9H,1H3;/q3*-1;. The number of pyridine rings is 3. The van der Waals surface area contributed by atoms with E-state index in [1.54, 1.807) is 0 Å². The second-order valence-electron chi connectivity index (χ2n) is 13.1. The number of aryl methyl sites for hydroxylation is 3. The molecule has 4 aromatic heterocycles. The number of fused-ring (bicyclic) bond motifs is 3. The average Bonchev–Trinajstić information content (AvgIpc) is 3.46. The summed E-state index contributed by atoms with van der Waals surface area (Å²) in [5.41, 5.74) is 12.2. The minimum atomic E-state index is 0. The van der Waals surface area contributed by atoms with Crippen LogP contribution in [-0.4, -0.2) is 14.5 Å². The molecule has 8 aromatic rings. The van der Waals surface area contributed by atoms with Gasteiger partial charge < -0.3 is 19.1 Å². The monoisotopic (exact) mass is 856 g/mol. The number of nitrogens with zero attached hydrogens (tertiary/aromatic N) is 4. The van der Waals surface area contributed by atoms with Crippen LogP contribution in [-0.2, 0) is 26.7 Å². The third-order valence-electron chi connectivity index (χ3n) is 8.61. The molecule has 0 saturated carbocycles.